The molecule has 3 aliphatic rings. The molecule has 0 radical (unpaired) electrons. The van der Waals surface area contributed by atoms with E-state index in [0.717, 1.165) is 55.7 Å². The first-order chi connectivity index (χ1) is 31.1. The van der Waals surface area contributed by atoms with Gasteiger partial charge in [0.2, 0.25) is 17.7 Å². The molecule has 0 spiro atoms. The molecule has 1 unspecified atom stereocenters. The summed E-state index contributed by atoms with van der Waals surface area (Å²) in [5.74, 6) is 0.0451. The van der Waals surface area contributed by atoms with Gasteiger partial charge in [-0.05, 0) is 86.0 Å². The fourth-order valence-corrected chi connectivity index (χ4v) is 8.40. The van der Waals surface area contributed by atoms with Crippen molar-refractivity contribution >= 4 is 40.3 Å². The summed E-state index contributed by atoms with van der Waals surface area (Å²) in [6.45, 7) is 5.04. The fourth-order valence-electron chi connectivity index (χ4n) is 8.40. The zero-order chi connectivity index (χ0) is 44.3. The highest BCUT2D eigenvalue weighted by Gasteiger charge is 2.32. The first-order valence-electron chi connectivity index (χ1n) is 21.6. The molecule has 2 aliphatic heterocycles. The molecule has 334 valence electrons. The van der Waals surface area contributed by atoms with Gasteiger partial charge in [0.15, 0.2) is 11.4 Å². The summed E-state index contributed by atoms with van der Waals surface area (Å²) in [5, 5.41) is 15.7. The Morgan fingerprint density at radius 1 is 1.05 bits per heavy atom. The van der Waals surface area contributed by atoms with Crippen LogP contribution in [0.1, 0.15) is 71.9 Å². The Morgan fingerprint density at radius 2 is 1.89 bits per heavy atom. The number of anilines is 2. The lowest BCUT2D eigenvalue weighted by Gasteiger charge is -2.33. The molecule has 2 atom stereocenters. The Bertz CT molecular complexity index is 2720. The Kier molecular flexibility index (Phi) is 12.4. The standard InChI is InChI=1S/C45H49F2N11O6/c1-55-40-29(4-2-6-35(40)58(45(55)62)36-13-14-38(59)53-43(36)61)5-3-17-56-18-19-63-32(24-56)23-48-21-27-9-11-31(12-10-27)57-25-33(39(54-57)41(46)47)51-42(60)34-26-64-44(52-34)30-15-16-49-37(20-30)50-22-28-7-8-28/h2,4,6,9-12,15-16,20,25-26,28,32,36,41,48H,3,5,7-8,13-14,17-19,21-24H2,1H3,(H,49,50)(H,51,60)(H,53,59,61)/t32-,36?/m1/s1. The van der Waals surface area contributed by atoms with Crippen LogP contribution in [0.2, 0.25) is 0 Å². The largest absolute Gasteiger partial charge is 0.444 e. The monoisotopic (exact) mass is 877 g/mol. The highest BCUT2D eigenvalue weighted by molar-refractivity contribution is 6.03. The van der Waals surface area contributed by atoms with Crippen molar-refractivity contribution in [2.75, 3.05) is 50.0 Å². The molecule has 2 aromatic carbocycles. The number of imide groups is 1. The molecule has 3 amide bonds. The number of para-hydroxylation sites is 1. The number of aromatic nitrogens is 6. The number of fused-ring (bicyclic) bond motifs is 1. The van der Waals surface area contributed by atoms with E-state index in [0.29, 0.717) is 54.6 Å². The van der Waals surface area contributed by atoms with Gasteiger partial charge in [-0.15, -0.1) is 0 Å². The van der Waals surface area contributed by atoms with Crippen molar-refractivity contribution in [3.05, 3.63) is 106 Å². The smallest absolute Gasteiger partial charge is 0.329 e. The van der Waals surface area contributed by atoms with Crippen LogP contribution >= 0.6 is 0 Å². The maximum absolute atomic E-state index is 14.1. The van der Waals surface area contributed by atoms with E-state index in [1.807, 2.05) is 30.3 Å². The van der Waals surface area contributed by atoms with Gasteiger partial charge in [-0.1, -0.05) is 24.3 Å². The van der Waals surface area contributed by atoms with Gasteiger partial charge in [0.25, 0.3) is 12.3 Å². The molecule has 9 rings (SSSR count). The number of nitrogens with one attached hydrogen (secondary N) is 4. The molecule has 2 saturated heterocycles. The molecule has 4 aromatic heterocycles. The average Bonchev–Trinajstić information content (AvgIpc) is 3.70. The third-order valence-corrected chi connectivity index (χ3v) is 12.0. The van der Waals surface area contributed by atoms with Crippen molar-refractivity contribution in [3.63, 3.8) is 0 Å². The molecular weight excluding hydrogens is 829 g/mol. The number of piperidine rings is 1. The number of aryl methyl sites for hydroxylation is 2. The summed E-state index contributed by atoms with van der Waals surface area (Å²) in [4.78, 5) is 61.8. The predicted octanol–water partition coefficient (Wildman–Crippen LogP) is 4.99. The summed E-state index contributed by atoms with van der Waals surface area (Å²) < 4.78 is 44.3. The van der Waals surface area contributed by atoms with Crippen LogP contribution < -0.4 is 27.0 Å². The molecule has 17 nitrogen and oxygen atoms in total. The van der Waals surface area contributed by atoms with Gasteiger partial charge >= 0.3 is 5.69 Å². The number of pyridine rings is 1. The van der Waals surface area contributed by atoms with Gasteiger partial charge in [0, 0.05) is 58.0 Å². The Balaban J connectivity index is 0.752. The summed E-state index contributed by atoms with van der Waals surface area (Å²) in [6.07, 6.45) is 5.69. The first-order valence-corrected chi connectivity index (χ1v) is 21.6. The molecule has 1 aliphatic carbocycles. The number of amides is 3. The highest BCUT2D eigenvalue weighted by Crippen LogP contribution is 2.31. The number of hydrogen-bond acceptors (Lipinski definition) is 12. The second-order valence-electron chi connectivity index (χ2n) is 16.6. The van der Waals surface area contributed by atoms with E-state index in [9.17, 15) is 28.0 Å². The SMILES string of the molecule is Cn1c(=O)n(C2CCC(=O)NC2=O)c2cccc(CCCN3CCO[C@H](CNCc4ccc(-n5cc(NC(=O)c6coc(-c7ccnc(NCC8CC8)c7)n6)c(C(F)F)n5)cc4)C3)c21. The van der Waals surface area contributed by atoms with Crippen LogP contribution in [0.15, 0.2) is 82.5 Å². The number of halogens is 2. The maximum Gasteiger partial charge on any atom is 0.329 e. The first kappa shape index (κ1) is 42.7. The maximum atomic E-state index is 14.1. The highest BCUT2D eigenvalue weighted by atomic mass is 19.3. The van der Waals surface area contributed by atoms with Gasteiger partial charge in [-0.25, -0.2) is 28.2 Å². The molecule has 64 heavy (non-hydrogen) atoms. The Hall–Kier alpha value is -6.57. The van der Waals surface area contributed by atoms with Crippen molar-refractivity contribution in [1.82, 2.24) is 44.4 Å². The van der Waals surface area contributed by atoms with E-state index >= 15 is 0 Å². The predicted molar refractivity (Wildman–Crippen MR) is 232 cm³/mol. The summed E-state index contributed by atoms with van der Waals surface area (Å²) in [5.41, 5.74) is 3.59. The van der Waals surface area contributed by atoms with Gasteiger partial charge in [-0.2, -0.15) is 5.10 Å². The van der Waals surface area contributed by atoms with Gasteiger partial charge in [0.1, 0.15) is 18.1 Å². The van der Waals surface area contributed by atoms with E-state index in [1.54, 1.807) is 42.1 Å². The van der Waals surface area contributed by atoms with Crippen molar-refractivity contribution in [1.29, 1.82) is 0 Å². The number of hydrogen-bond donors (Lipinski definition) is 4. The van der Waals surface area contributed by atoms with Crippen LogP contribution in [-0.4, -0.2) is 96.9 Å². The Morgan fingerprint density at radius 3 is 2.69 bits per heavy atom. The summed E-state index contributed by atoms with van der Waals surface area (Å²) in [6, 6.07) is 15.9. The number of morpholine rings is 1. The summed E-state index contributed by atoms with van der Waals surface area (Å²) in [7, 11) is 1.72. The molecule has 4 N–H and O–H groups in total. The number of benzene rings is 2. The number of rotatable bonds is 17. The number of oxazole rings is 1. The zero-order valence-electron chi connectivity index (χ0n) is 35.3. The van der Waals surface area contributed by atoms with Gasteiger partial charge in [0.05, 0.1) is 41.3 Å². The second-order valence-corrected chi connectivity index (χ2v) is 16.6. The minimum atomic E-state index is -2.94. The van der Waals surface area contributed by atoms with E-state index in [1.165, 1.54) is 34.6 Å². The quantitative estimate of drug-likeness (QED) is 0.0899. The van der Waals surface area contributed by atoms with E-state index in [-0.39, 0.29) is 41.4 Å². The number of nitrogens with zero attached hydrogens (tertiary/aromatic N) is 7. The second kappa shape index (κ2) is 18.6. The summed E-state index contributed by atoms with van der Waals surface area (Å²) >= 11 is 0. The normalized spacial score (nSPS) is 18.2. The van der Waals surface area contributed by atoms with Gasteiger partial charge in [-0.3, -0.25) is 33.7 Å². The van der Waals surface area contributed by atoms with Gasteiger partial charge < -0.3 is 25.1 Å². The van der Waals surface area contributed by atoms with Crippen LogP contribution in [-0.2, 0) is 34.3 Å². The zero-order valence-corrected chi connectivity index (χ0v) is 35.3. The van der Waals surface area contributed by atoms with Crippen LogP contribution in [0, 0.1) is 5.92 Å². The van der Waals surface area contributed by atoms with Crippen molar-refractivity contribution in [2.24, 2.45) is 13.0 Å². The Labute approximate surface area is 366 Å². The average molecular weight is 878 g/mol. The number of imidazole rings is 1. The molecule has 6 aromatic rings. The third-order valence-electron chi connectivity index (χ3n) is 12.0. The minimum absolute atomic E-state index is 0.0171. The molecule has 3 fully saturated rings. The van der Waals surface area contributed by atoms with Crippen molar-refractivity contribution in [2.45, 2.75) is 63.6 Å². The lowest BCUT2D eigenvalue weighted by atomic mass is 10.0. The van der Waals surface area contributed by atoms with E-state index in [4.69, 9.17) is 9.15 Å². The van der Waals surface area contributed by atoms with Crippen molar-refractivity contribution in [3.8, 4) is 17.1 Å². The lowest BCUT2D eigenvalue weighted by Crippen LogP contribution is -2.46. The van der Waals surface area contributed by atoms with Crippen LogP contribution in [0.25, 0.3) is 28.2 Å². The van der Waals surface area contributed by atoms with Crippen LogP contribution in [0.3, 0.4) is 0 Å². The minimum Gasteiger partial charge on any atom is -0.444 e. The molecule has 0 bridgehead atoms. The topological polar surface area (TPSA) is 195 Å². The molecular formula is C45H49F2N11O6. The number of ether oxygens (including phenoxy) is 1. The third kappa shape index (κ3) is 9.51. The molecule has 1 saturated carbocycles. The van der Waals surface area contributed by atoms with Crippen LogP contribution in [0.5, 0.6) is 0 Å². The molecule has 6 heterocycles. The lowest BCUT2D eigenvalue weighted by molar-refractivity contribution is -0.135. The molecule has 19 heteroatoms. The van der Waals surface area contributed by atoms with E-state index < -0.39 is 30.0 Å². The number of carbonyl (C=O) groups excluding carboxylic acids is 3. The van der Waals surface area contributed by atoms with Crippen LogP contribution in [0.4, 0.5) is 20.3 Å². The van der Waals surface area contributed by atoms with E-state index in [2.05, 4.69) is 41.2 Å². The fraction of sp³-hybridized carbons (Fsp3) is 0.400. The van der Waals surface area contributed by atoms with Crippen molar-refractivity contribution < 1.29 is 32.3 Å². The number of alkyl halides is 2. The number of carbonyl (C=O) groups is 3.